The number of hydrogen-bond acceptors (Lipinski definition) is 3. The van der Waals surface area contributed by atoms with Crippen molar-refractivity contribution in [2.45, 2.75) is 81.8 Å². The molecule has 0 radical (unpaired) electrons. The van der Waals surface area contributed by atoms with Crippen LogP contribution >= 0.6 is 0 Å². The van der Waals surface area contributed by atoms with E-state index < -0.39 is 5.60 Å². The van der Waals surface area contributed by atoms with E-state index in [0.717, 1.165) is 63.3 Å². The molecule has 0 amide bonds. The van der Waals surface area contributed by atoms with Crippen LogP contribution in [0.1, 0.15) is 74.5 Å². The van der Waals surface area contributed by atoms with Crippen molar-refractivity contribution in [2.75, 3.05) is 13.1 Å². The molecule has 3 nitrogen and oxygen atoms in total. The first-order valence-corrected chi connectivity index (χ1v) is 12.4. The maximum Gasteiger partial charge on any atom is 0.120 e. The molecule has 166 valence electrons. The summed E-state index contributed by atoms with van der Waals surface area (Å²) < 4.78 is 6.20. The summed E-state index contributed by atoms with van der Waals surface area (Å²) in [6, 6.07) is 17.0. The quantitative estimate of drug-likeness (QED) is 0.553. The van der Waals surface area contributed by atoms with Gasteiger partial charge in [0, 0.05) is 5.41 Å². The number of aryl methyl sites for hydroxylation is 1. The van der Waals surface area contributed by atoms with Crippen LogP contribution in [0.4, 0.5) is 0 Å². The minimum atomic E-state index is -0.575. The lowest BCUT2D eigenvalue weighted by Crippen LogP contribution is -2.57. The predicted molar refractivity (Wildman–Crippen MR) is 125 cm³/mol. The summed E-state index contributed by atoms with van der Waals surface area (Å²) in [5, 5.41) is 15.6. The van der Waals surface area contributed by atoms with Gasteiger partial charge in [0.1, 0.15) is 12.4 Å². The van der Waals surface area contributed by atoms with Gasteiger partial charge in [0.05, 0.1) is 5.60 Å². The summed E-state index contributed by atoms with van der Waals surface area (Å²) in [7, 11) is 0. The van der Waals surface area contributed by atoms with Crippen molar-refractivity contribution in [2.24, 2.45) is 5.92 Å². The first-order valence-electron chi connectivity index (χ1n) is 12.4. The summed E-state index contributed by atoms with van der Waals surface area (Å²) in [6.45, 7) is 2.72. The SMILES string of the molecule is OC12CCCCC1(CCNCC1CCC1)c1cc(OCc3ccccc3)ccc1CC2. The molecule has 2 fully saturated rings. The van der Waals surface area contributed by atoms with Crippen molar-refractivity contribution in [3.63, 3.8) is 0 Å². The molecule has 0 aliphatic heterocycles. The third kappa shape index (κ3) is 4.15. The fourth-order valence-corrected chi connectivity index (χ4v) is 6.25. The topological polar surface area (TPSA) is 41.5 Å². The van der Waals surface area contributed by atoms with Crippen LogP contribution in [0.5, 0.6) is 5.75 Å². The minimum Gasteiger partial charge on any atom is -0.489 e. The average Bonchev–Trinajstić information content (AvgIpc) is 2.77. The highest BCUT2D eigenvalue weighted by atomic mass is 16.5. The zero-order valence-corrected chi connectivity index (χ0v) is 18.7. The van der Waals surface area contributed by atoms with Crippen molar-refractivity contribution < 1.29 is 9.84 Å². The fraction of sp³-hybridized carbons (Fsp3) is 0.571. The molecule has 0 spiro atoms. The van der Waals surface area contributed by atoms with Gasteiger partial charge in [-0.3, -0.25) is 0 Å². The zero-order valence-electron chi connectivity index (χ0n) is 18.7. The number of benzene rings is 2. The smallest absolute Gasteiger partial charge is 0.120 e. The normalized spacial score (nSPS) is 27.8. The Kier molecular flexibility index (Phi) is 6.08. The molecule has 3 heteroatoms. The largest absolute Gasteiger partial charge is 0.489 e. The summed E-state index contributed by atoms with van der Waals surface area (Å²) in [5.74, 6) is 1.80. The van der Waals surface area contributed by atoms with Gasteiger partial charge < -0.3 is 15.2 Å². The van der Waals surface area contributed by atoms with Gasteiger partial charge in [-0.05, 0) is 92.8 Å². The van der Waals surface area contributed by atoms with Gasteiger partial charge in [-0.2, -0.15) is 0 Å². The number of hydrogen-bond donors (Lipinski definition) is 2. The second-order valence-electron chi connectivity index (χ2n) is 10.2. The Labute approximate surface area is 187 Å². The predicted octanol–water partition coefficient (Wildman–Crippen LogP) is 5.53. The molecule has 2 atom stereocenters. The minimum absolute atomic E-state index is 0.141. The molecular formula is C28H37NO2. The molecule has 5 rings (SSSR count). The maximum absolute atomic E-state index is 11.9. The van der Waals surface area contributed by atoms with Crippen LogP contribution in [-0.2, 0) is 18.4 Å². The molecule has 0 bridgehead atoms. The van der Waals surface area contributed by atoms with Gasteiger partial charge in [-0.1, -0.05) is 55.7 Å². The average molecular weight is 420 g/mol. The Hall–Kier alpha value is -1.84. The van der Waals surface area contributed by atoms with Crippen LogP contribution in [0, 0.1) is 5.92 Å². The molecule has 2 N–H and O–H groups in total. The first kappa shape index (κ1) is 21.0. The van der Waals surface area contributed by atoms with E-state index in [1.807, 2.05) is 6.07 Å². The number of fused-ring (bicyclic) bond motifs is 3. The number of rotatable bonds is 8. The van der Waals surface area contributed by atoms with Crippen molar-refractivity contribution >= 4 is 0 Å². The van der Waals surface area contributed by atoms with E-state index in [0.29, 0.717) is 6.61 Å². The highest BCUT2D eigenvalue weighted by molar-refractivity contribution is 5.46. The molecule has 0 saturated heterocycles. The summed E-state index contributed by atoms with van der Waals surface area (Å²) in [4.78, 5) is 0. The van der Waals surface area contributed by atoms with Crippen LogP contribution in [0.2, 0.25) is 0 Å². The number of ether oxygens (including phenoxy) is 1. The monoisotopic (exact) mass is 419 g/mol. The lowest BCUT2D eigenvalue weighted by atomic mass is 9.53. The second-order valence-corrected chi connectivity index (χ2v) is 10.2. The van der Waals surface area contributed by atoms with E-state index >= 15 is 0 Å². The highest BCUT2D eigenvalue weighted by Gasteiger charge is 2.54. The molecule has 31 heavy (non-hydrogen) atoms. The molecule has 0 heterocycles. The van der Waals surface area contributed by atoms with Crippen molar-refractivity contribution in [3.8, 4) is 5.75 Å². The van der Waals surface area contributed by atoms with Gasteiger partial charge >= 0.3 is 0 Å². The number of nitrogens with one attached hydrogen (secondary N) is 1. The lowest BCUT2D eigenvalue weighted by Gasteiger charge is -2.55. The van der Waals surface area contributed by atoms with E-state index in [9.17, 15) is 5.11 Å². The van der Waals surface area contributed by atoms with E-state index in [2.05, 4.69) is 47.8 Å². The molecule has 2 unspecified atom stereocenters. The summed E-state index contributed by atoms with van der Waals surface area (Å²) in [5.41, 5.74) is 3.24. The molecular weight excluding hydrogens is 382 g/mol. The van der Waals surface area contributed by atoms with Gasteiger partial charge in [0.15, 0.2) is 0 Å². The molecule has 0 aromatic heterocycles. The van der Waals surface area contributed by atoms with Crippen molar-refractivity contribution in [1.82, 2.24) is 5.32 Å². The maximum atomic E-state index is 11.9. The van der Waals surface area contributed by atoms with E-state index in [4.69, 9.17) is 4.74 Å². The number of aliphatic hydroxyl groups is 1. The Balaban J connectivity index is 1.37. The first-order chi connectivity index (χ1) is 15.2. The van der Waals surface area contributed by atoms with Crippen LogP contribution in [0.25, 0.3) is 0 Å². The molecule has 3 aliphatic rings. The van der Waals surface area contributed by atoms with Crippen LogP contribution in [0.15, 0.2) is 48.5 Å². The zero-order chi connectivity index (χ0) is 21.2. The molecule has 2 aromatic rings. The van der Waals surface area contributed by atoms with E-state index in [1.54, 1.807) is 0 Å². The van der Waals surface area contributed by atoms with Crippen molar-refractivity contribution in [3.05, 3.63) is 65.2 Å². The fourth-order valence-electron chi connectivity index (χ4n) is 6.25. The van der Waals surface area contributed by atoms with Crippen molar-refractivity contribution in [1.29, 1.82) is 0 Å². The Bertz CT molecular complexity index is 878. The summed E-state index contributed by atoms with van der Waals surface area (Å²) in [6.07, 6.45) is 11.4. The standard InChI is InChI=1S/C28H37NO2/c30-28-15-5-4-14-27(28,17-18-29-20-22-9-6-10-22)26-19-25(12-11-24(26)13-16-28)31-21-23-7-2-1-3-8-23/h1-3,7-8,11-12,19,22,29-30H,4-6,9-10,13-18,20-21H2. The van der Waals surface area contributed by atoms with Gasteiger partial charge in [0.2, 0.25) is 0 Å². The van der Waals surface area contributed by atoms with Gasteiger partial charge in [-0.15, -0.1) is 0 Å². The third-order valence-electron chi connectivity index (χ3n) is 8.37. The molecule has 2 aromatic carbocycles. The molecule has 3 aliphatic carbocycles. The van der Waals surface area contributed by atoms with E-state index in [1.165, 1.54) is 42.4 Å². The Morgan fingerprint density at radius 1 is 0.968 bits per heavy atom. The lowest BCUT2D eigenvalue weighted by molar-refractivity contribution is -0.0870. The Morgan fingerprint density at radius 3 is 2.61 bits per heavy atom. The van der Waals surface area contributed by atoms with Crippen LogP contribution in [0.3, 0.4) is 0 Å². The second kappa shape index (κ2) is 8.96. The Morgan fingerprint density at radius 2 is 1.81 bits per heavy atom. The van der Waals surface area contributed by atoms with Gasteiger partial charge in [-0.25, -0.2) is 0 Å². The molecule has 2 saturated carbocycles. The van der Waals surface area contributed by atoms with E-state index in [-0.39, 0.29) is 5.41 Å². The van der Waals surface area contributed by atoms with Crippen LogP contribution in [-0.4, -0.2) is 23.8 Å². The highest BCUT2D eigenvalue weighted by Crippen LogP contribution is 2.55. The third-order valence-corrected chi connectivity index (χ3v) is 8.37. The summed E-state index contributed by atoms with van der Waals surface area (Å²) >= 11 is 0. The van der Waals surface area contributed by atoms with Gasteiger partial charge in [0.25, 0.3) is 0 Å². The van der Waals surface area contributed by atoms with Crippen LogP contribution < -0.4 is 10.1 Å².